The second-order valence-corrected chi connectivity index (χ2v) is 7.81. The van der Waals surface area contributed by atoms with Gasteiger partial charge >= 0.3 is 5.97 Å². The highest BCUT2D eigenvalue weighted by molar-refractivity contribution is 5.88. The Hall–Kier alpha value is -1.06. The molecule has 0 bridgehead atoms. The van der Waals surface area contributed by atoms with Gasteiger partial charge in [0.1, 0.15) is 11.6 Å². The van der Waals surface area contributed by atoms with Crippen molar-refractivity contribution in [2.24, 2.45) is 11.3 Å². The molecule has 0 aromatic carbocycles. The number of esters is 1. The molecule has 0 unspecified atom stereocenters. The van der Waals surface area contributed by atoms with Crippen molar-refractivity contribution in [2.75, 3.05) is 0 Å². The minimum atomic E-state index is -0.596. The van der Waals surface area contributed by atoms with Crippen LogP contribution in [0.1, 0.15) is 73.6 Å². The summed E-state index contributed by atoms with van der Waals surface area (Å²) in [7, 11) is 0. The average molecular weight is 297 g/mol. The van der Waals surface area contributed by atoms with E-state index in [1.165, 1.54) is 0 Å². The monoisotopic (exact) mass is 297 g/mol. The summed E-state index contributed by atoms with van der Waals surface area (Å²) in [6.07, 6.45) is 4.94. The van der Waals surface area contributed by atoms with Gasteiger partial charge in [0, 0.05) is 5.41 Å². The minimum absolute atomic E-state index is 0.0204. The van der Waals surface area contributed by atoms with Gasteiger partial charge < -0.3 is 10.1 Å². The van der Waals surface area contributed by atoms with E-state index in [0.29, 0.717) is 5.92 Å². The number of rotatable bonds is 5. The van der Waals surface area contributed by atoms with Crippen LogP contribution in [0.2, 0.25) is 0 Å². The first-order chi connectivity index (χ1) is 9.56. The van der Waals surface area contributed by atoms with Crippen LogP contribution < -0.4 is 5.32 Å². The molecule has 4 nitrogen and oxygen atoms in total. The predicted molar refractivity (Wildman–Crippen MR) is 83.8 cm³/mol. The Bertz CT molecular complexity index is 376. The summed E-state index contributed by atoms with van der Waals surface area (Å²) in [5.41, 5.74) is -0.816. The molecule has 0 heterocycles. The van der Waals surface area contributed by atoms with Gasteiger partial charge in [-0.2, -0.15) is 0 Å². The second-order valence-electron chi connectivity index (χ2n) is 7.81. The average Bonchev–Trinajstić information content (AvgIpc) is 2.75. The first kappa shape index (κ1) is 18.0. The molecule has 122 valence electrons. The van der Waals surface area contributed by atoms with Gasteiger partial charge in [-0.3, -0.25) is 4.79 Å². The third kappa shape index (κ3) is 5.33. The lowest BCUT2D eigenvalue weighted by atomic mass is 9.77. The molecule has 1 aliphatic rings. The largest absolute Gasteiger partial charge is 0.458 e. The van der Waals surface area contributed by atoms with Crippen molar-refractivity contribution in [2.45, 2.75) is 85.3 Å². The van der Waals surface area contributed by atoms with E-state index in [-0.39, 0.29) is 17.3 Å². The van der Waals surface area contributed by atoms with Crippen LogP contribution in [0.25, 0.3) is 0 Å². The molecule has 0 aromatic rings. The molecule has 0 aromatic heterocycles. The van der Waals surface area contributed by atoms with Crippen LogP contribution in [0.5, 0.6) is 0 Å². The molecule has 1 N–H and O–H groups in total. The summed E-state index contributed by atoms with van der Waals surface area (Å²) >= 11 is 0. The Balaban J connectivity index is 2.67. The molecule has 4 heteroatoms. The lowest BCUT2D eigenvalue weighted by Crippen LogP contribution is -2.48. The molecule has 1 rings (SSSR count). The standard InChI is InChI=1S/C17H31NO3/c1-12(2)11-17(9-7-8-10-17)15(20)18-13(3)14(19)21-16(4,5)6/h12-13H,7-11H2,1-6H3,(H,18,20)/t13-/m0/s1. The molecule has 21 heavy (non-hydrogen) atoms. The highest BCUT2D eigenvalue weighted by atomic mass is 16.6. The van der Waals surface area contributed by atoms with Gasteiger partial charge in [-0.25, -0.2) is 4.79 Å². The molecule has 1 saturated carbocycles. The number of carbonyl (C=O) groups excluding carboxylic acids is 2. The van der Waals surface area contributed by atoms with Crippen molar-refractivity contribution in [3.63, 3.8) is 0 Å². The lowest BCUT2D eigenvalue weighted by molar-refractivity contribution is -0.158. The summed E-state index contributed by atoms with van der Waals surface area (Å²) in [6, 6.07) is -0.596. The molecule has 0 saturated heterocycles. The topological polar surface area (TPSA) is 55.4 Å². The first-order valence-corrected chi connectivity index (χ1v) is 8.09. The van der Waals surface area contributed by atoms with Crippen LogP contribution in [-0.2, 0) is 14.3 Å². The zero-order valence-electron chi connectivity index (χ0n) is 14.4. The van der Waals surface area contributed by atoms with Gasteiger partial charge in [-0.15, -0.1) is 0 Å². The maximum Gasteiger partial charge on any atom is 0.328 e. The molecule has 0 radical (unpaired) electrons. The first-order valence-electron chi connectivity index (χ1n) is 8.09. The Morgan fingerprint density at radius 3 is 2.10 bits per heavy atom. The van der Waals surface area contributed by atoms with Crippen LogP contribution in [0.15, 0.2) is 0 Å². The molecular weight excluding hydrogens is 266 g/mol. The summed E-state index contributed by atoms with van der Waals surface area (Å²) in [5.74, 6) is 0.131. The van der Waals surface area contributed by atoms with E-state index in [4.69, 9.17) is 4.74 Å². The Morgan fingerprint density at radius 1 is 1.14 bits per heavy atom. The molecule has 1 amide bonds. The van der Waals surface area contributed by atoms with E-state index in [2.05, 4.69) is 19.2 Å². The molecular formula is C17H31NO3. The molecule has 0 aliphatic heterocycles. The highest BCUT2D eigenvalue weighted by Gasteiger charge is 2.42. The van der Waals surface area contributed by atoms with Gasteiger partial charge in [0.25, 0.3) is 0 Å². The summed E-state index contributed by atoms with van der Waals surface area (Å²) in [4.78, 5) is 24.7. The number of hydrogen-bond donors (Lipinski definition) is 1. The second kappa shape index (κ2) is 6.80. The van der Waals surface area contributed by atoms with Crippen molar-refractivity contribution < 1.29 is 14.3 Å². The van der Waals surface area contributed by atoms with E-state index in [1.54, 1.807) is 6.92 Å². The van der Waals surface area contributed by atoms with Crippen molar-refractivity contribution in [1.82, 2.24) is 5.32 Å². The fraction of sp³-hybridized carbons (Fsp3) is 0.882. The quantitative estimate of drug-likeness (QED) is 0.791. The number of amides is 1. The minimum Gasteiger partial charge on any atom is -0.458 e. The van der Waals surface area contributed by atoms with Crippen LogP contribution in [0, 0.1) is 11.3 Å². The normalized spacial score (nSPS) is 19.4. The van der Waals surface area contributed by atoms with Crippen LogP contribution in [-0.4, -0.2) is 23.5 Å². The zero-order chi connectivity index (χ0) is 16.3. The van der Waals surface area contributed by atoms with Crippen molar-refractivity contribution >= 4 is 11.9 Å². The number of nitrogens with one attached hydrogen (secondary N) is 1. The number of carbonyl (C=O) groups is 2. The molecule has 1 aliphatic carbocycles. The summed E-state index contributed by atoms with van der Waals surface area (Å²) < 4.78 is 5.32. The zero-order valence-corrected chi connectivity index (χ0v) is 14.4. The Morgan fingerprint density at radius 2 is 1.67 bits per heavy atom. The highest BCUT2D eigenvalue weighted by Crippen LogP contribution is 2.43. The fourth-order valence-corrected chi connectivity index (χ4v) is 3.16. The maximum atomic E-state index is 12.7. The Labute approximate surface area is 129 Å². The van der Waals surface area contributed by atoms with E-state index >= 15 is 0 Å². The predicted octanol–water partition coefficient (Wildman–Crippen LogP) is 3.44. The number of hydrogen-bond acceptors (Lipinski definition) is 3. The SMILES string of the molecule is CC(C)CC1(C(=O)N[C@@H](C)C(=O)OC(C)(C)C)CCCC1. The van der Waals surface area contributed by atoms with E-state index in [0.717, 1.165) is 32.1 Å². The van der Waals surface area contributed by atoms with Crippen molar-refractivity contribution in [3.05, 3.63) is 0 Å². The smallest absolute Gasteiger partial charge is 0.328 e. The Kier molecular flexibility index (Phi) is 5.83. The van der Waals surface area contributed by atoms with Gasteiger partial charge in [-0.05, 0) is 52.9 Å². The summed E-state index contributed by atoms with van der Waals surface area (Å²) in [6.45, 7) is 11.5. The third-order valence-corrected chi connectivity index (χ3v) is 3.95. The van der Waals surface area contributed by atoms with Gasteiger partial charge in [0.15, 0.2) is 0 Å². The third-order valence-electron chi connectivity index (χ3n) is 3.95. The lowest BCUT2D eigenvalue weighted by Gasteiger charge is -2.31. The molecule has 0 spiro atoms. The van der Waals surface area contributed by atoms with Gasteiger partial charge in [-0.1, -0.05) is 26.7 Å². The van der Waals surface area contributed by atoms with Crippen LogP contribution >= 0.6 is 0 Å². The van der Waals surface area contributed by atoms with Gasteiger partial charge in [0.05, 0.1) is 0 Å². The van der Waals surface area contributed by atoms with Crippen LogP contribution in [0.3, 0.4) is 0 Å². The maximum absolute atomic E-state index is 12.7. The molecule has 1 fully saturated rings. The van der Waals surface area contributed by atoms with Crippen LogP contribution in [0.4, 0.5) is 0 Å². The summed E-state index contributed by atoms with van der Waals surface area (Å²) in [5, 5.41) is 2.88. The van der Waals surface area contributed by atoms with E-state index in [9.17, 15) is 9.59 Å². The fourth-order valence-electron chi connectivity index (χ4n) is 3.16. The van der Waals surface area contributed by atoms with Crippen molar-refractivity contribution in [1.29, 1.82) is 0 Å². The van der Waals surface area contributed by atoms with E-state index < -0.39 is 11.6 Å². The van der Waals surface area contributed by atoms with E-state index in [1.807, 2.05) is 20.8 Å². The number of ether oxygens (including phenoxy) is 1. The van der Waals surface area contributed by atoms with Crippen molar-refractivity contribution in [3.8, 4) is 0 Å². The van der Waals surface area contributed by atoms with Gasteiger partial charge in [0.2, 0.25) is 5.91 Å². The molecule has 1 atom stereocenters.